The number of carbonyl (C=O) groups excluding carboxylic acids is 2. The summed E-state index contributed by atoms with van der Waals surface area (Å²) in [6.45, 7) is 1.42. The summed E-state index contributed by atoms with van der Waals surface area (Å²) in [7, 11) is 0. The fourth-order valence-corrected chi connectivity index (χ4v) is 2.34. The Kier molecular flexibility index (Phi) is 7.37. The van der Waals surface area contributed by atoms with E-state index in [9.17, 15) is 14.4 Å². The van der Waals surface area contributed by atoms with E-state index < -0.39 is 30.1 Å². The normalized spacial score (nSPS) is 12.5. The van der Waals surface area contributed by atoms with Crippen molar-refractivity contribution >= 4 is 18.0 Å². The Morgan fingerprint density at radius 2 is 1.48 bits per heavy atom. The molecular formula is C20H22N2O5. The Bertz CT molecular complexity index is 764. The molecule has 0 heterocycles. The molecule has 27 heavy (non-hydrogen) atoms. The number of ether oxygens (including phenoxy) is 1. The summed E-state index contributed by atoms with van der Waals surface area (Å²) in [5.41, 5.74) is 1.64. The molecule has 2 amide bonds. The van der Waals surface area contributed by atoms with Gasteiger partial charge in [0.05, 0.1) is 0 Å². The van der Waals surface area contributed by atoms with Gasteiger partial charge in [0.1, 0.15) is 18.7 Å². The number of nitrogens with one attached hydrogen (secondary N) is 2. The van der Waals surface area contributed by atoms with Gasteiger partial charge in [-0.25, -0.2) is 4.79 Å². The molecule has 0 aliphatic heterocycles. The van der Waals surface area contributed by atoms with Crippen molar-refractivity contribution < 1.29 is 24.2 Å². The molecule has 0 unspecified atom stereocenters. The Morgan fingerprint density at radius 1 is 0.926 bits per heavy atom. The molecule has 7 nitrogen and oxygen atoms in total. The predicted octanol–water partition coefficient (Wildman–Crippen LogP) is 2.11. The second-order valence-electron chi connectivity index (χ2n) is 6.02. The minimum Gasteiger partial charge on any atom is -0.480 e. The molecule has 0 fully saturated rings. The van der Waals surface area contributed by atoms with E-state index in [0.29, 0.717) is 0 Å². The molecule has 0 aliphatic rings. The third-order valence-corrected chi connectivity index (χ3v) is 3.83. The largest absolute Gasteiger partial charge is 0.480 e. The van der Waals surface area contributed by atoms with Crippen LogP contribution in [0.15, 0.2) is 60.7 Å². The second kappa shape index (κ2) is 9.96. The number of carboxylic acids is 1. The average molecular weight is 370 g/mol. The summed E-state index contributed by atoms with van der Waals surface area (Å²) < 4.78 is 5.15. The van der Waals surface area contributed by atoms with E-state index in [-0.39, 0.29) is 13.0 Å². The van der Waals surface area contributed by atoms with E-state index in [1.165, 1.54) is 6.92 Å². The van der Waals surface area contributed by atoms with Crippen LogP contribution >= 0.6 is 0 Å². The summed E-state index contributed by atoms with van der Waals surface area (Å²) in [6.07, 6.45) is -0.544. The van der Waals surface area contributed by atoms with E-state index in [1.54, 1.807) is 0 Å². The zero-order valence-electron chi connectivity index (χ0n) is 14.9. The van der Waals surface area contributed by atoms with Gasteiger partial charge in [0.15, 0.2) is 0 Å². The molecule has 0 spiro atoms. The number of aliphatic carboxylic acids is 1. The third-order valence-electron chi connectivity index (χ3n) is 3.83. The molecule has 0 saturated carbocycles. The highest BCUT2D eigenvalue weighted by molar-refractivity contribution is 5.89. The molecule has 2 aromatic carbocycles. The average Bonchev–Trinajstić information content (AvgIpc) is 2.67. The summed E-state index contributed by atoms with van der Waals surface area (Å²) in [4.78, 5) is 35.5. The number of hydrogen-bond acceptors (Lipinski definition) is 4. The van der Waals surface area contributed by atoms with Crippen molar-refractivity contribution in [2.24, 2.45) is 0 Å². The molecule has 0 bridgehead atoms. The van der Waals surface area contributed by atoms with Gasteiger partial charge in [0, 0.05) is 6.42 Å². The highest BCUT2D eigenvalue weighted by Gasteiger charge is 2.25. The van der Waals surface area contributed by atoms with E-state index in [2.05, 4.69) is 10.6 Å². The van der Waals surface area contributed by atoms with E-state index in [0.717, 1.165) is 11.1 Å². The maximum atomic E-state index is 12.4. The maximum absolute atomic E-state index is 12.4. The topological polar surface area (TPSA) is 105 Å². The Hall–Kier alpha value is -3.35. The zero-order chi connectivity index (χ0) is 19.6. The van der Waals surface area contributed by atoms with Gasteiger partial charge in [0.25, 0.3) is 0 Å². The zero-order valence-corrected chi connectivity index (χ0v) is 14.9. The second-order valence-corrected chi connectivity index (χ2v) is 6.02. The first-order valence-corrected chi connectivity index (χ1v) is 8.50. The van der Waals surface area contributed by atoms with Gasteiger partial charge in [0.2, 0.25) is 5.91 Å². The van der Waals surface area contributed by atoms with Crippen LogP contribution in [-0.4, -0.2) is 35.2 Å². The highest BCUT2D eigenvalue weighted by atomic mass is 16.5. The molecule has 2 aromatic rings. The van der Waals surface area contributed by atoms with Gasteiger partial charge in [-0.05, 0) is 18.1 Å². The summed E-state index contributed by atoms with van der Waals surface area (Å²) in [6, 6.07) is 16.2. The van der Waals surface area contributed by atoms with Crippen LogP contribution in [0.4, 0.5) is 4.79 Å². The minimum atomic E-state index is -1.16. The van der Waals surface area contributed by atoms with Gasteiger partial charge in [-0.1, -0.05) is 60.7 Å². The molecule has 0 saturated heterocycles. The monoisotopic (exact) mass is 370 g/mol. The van der Waals surface area contributed by atoms with Crippen LogP contribution in [0.1, 0.15) is 18.1 Å². The molecule has 0 aromatic heterocycles. The van der Waals surface area contributed by atoms with Crippen LogP contribution < -0.4 is 10.6 Å². The number of amides is 2. The molecular weight excluding hydrogens is 348 g/mol. The molecule has 3 N–H and O–H groups in total. The Balaban J connectivity index is 2.00. The summed E-state index contributed by atoms with van der Waals surface area (Å²) in [5.74, 6) is -1.75. The minimum absolute atomic E-state index is 0.0673. The van der Waals surface area contributed by atoms with Crippen LogP contribution in [0.3, 0.4) is 0 Å². The van der Waals surface area contributed by atoms with Crippen molar-refractivity contribution in [3.8, 4) is 0 Å². The van der Waals surface area contributed by atoms with Crippen LogP contribution in [0.5, 0.6) is 0 Å². The van der Waals surface area contributed by atoms with Gasteiger partial charge in [-0.15, -0.1) is 0 Å². The number of benzene rings is 2. The van der Waals surface area contributed by atoms with Crippen LogP contribution in [-0.2, 0) is 27.4 Å². The SMILES string of the molecule is C[C@@H](NC(=O)[C@@H](Cc1ccccc1)NC(=O)OCc1ccccc1)C(=O)O. The van der Waals surface area contributed by atoms with Crippen LogP contribution in [0.25, 0.3) is 0 Å². The van der Waals surface area contributed by atoms with Gasteiger partial charge in [-0.2, -0.15) is 0 Å². The lowest BCUT2D eigenvalue weighted by molar-refractivity contribution is -0.141. The quantitative estimate of drug-likeness (QED) is 0.660. The number of alkyl carbamates (subject to hydrolysis) is 1. The predicted molar refractivity (Wildman–Crippen MR) is 98.9 cm³/mol. The molecule has 0 aliphatic carbocycles. The lowest BCUT2D eigenvalue weighted by atomic mass is 10.1. The van der Waals surface area contributed by atoms with Crippen LogP contribution in [0.2, 0.25) is 0 Å². The van der Waals surface area contributed by atoms with Crippen LogP contribution in [0, 0.1) is 0 Å². The lowest BCUT2D eigenvalue weighted by Gasteiger charge is -2.20. The van der Waals surface area contributed by atoms with Gasteiger partial charge >= 0.3 is 12.1 Å². The molecule has 7 heteroatoms. The van der Waals surface area contributed by atoms with Crippen molar-refractivity contribution in [1.82, 2.24) is 10.6 Å². The smallest absolute Gasteiger partial charge is 0.408 e. The fraction of sp³-hybridized carbons (Fsp3) is 0.250. The van der Waals surface area contributed by atoms with Crippen molar-refractivity contribution in [3.63, 3.8) is 0 Å². The van der Waals surface area contributed by atoms with Crippen molar-refractivity contribution in [2.45, 2.75) is 32.0 Å². The van der Waals surface area contributed by atoms with Gasteiger partial charge in [-0.3, -0.25) is 9.59 Å². The van der Waals surface area contributed by atoms with E-state index in [4.69, 9.17) is 9.84 Å². The van der Waals surface area contributed by atoms with Gasteiger partial charge < -0.3 is 20.5 Å². The molecule has 0 radical (unpaired) electrons. The lowest BCUT2D eigenvalue weighted by Crippen LogP contribution is -2.51. The number of carbonyl (C=O) groups is 3. The van der Waals surface area contributed by atoms with Crippen molar-refractivity contribution in [1.29, 1.82) is 0 Å². The number of rotatable bonds is 8. The summed E-state index contributed by atoms with van der Waals surface area (Å²) in [5, 5.41) is 13.9. The van der Waals surface area contributed by atoms with Crippen molar-refractivity contribution in [2.75, 3.05) is 0 Å². The Morgan fingerprint density at radius 3 is 2.04 bits per heavy atom. The first kappa shape index (κ1) is 20.0. The van der Waals surface area contributed by atoms with E-state index >= 15 is 0 Å². The van der Waals surface area contributed by atoms with Crippen molar-refractivity contribution in [3.05, 3.63) is 71.8 Å². The standard InChI is InChI=1S/C20H22N2O5/c1-14(19(24)25)21-18(23)17(12-15-8-4-2-5-9-15)22-20(26)27-13-16-10-6-3-7-11-16/h2-11,14,17H,12-13H2,1H3,(H,21,23)(H,22,26)(H,24,25)/t14-,17-/m1/s1. The van der Waals surface area contributed by atoms with E-state index in [1.807, 2.05) is 60.7 Å². The molecule has 2 atom stereocenters. The maximum Gasteiger partial charge on any atom is 0.408 e. The number of carboxylic acid groups (broad SMARTS) is 1. The molecule has 142 valence electrons. The Labute approximate surface area is 157 Å². The first-order chi connectivity index (χ1) is 13.0. The number of hydrogen-bond donors (Lipinski definition) is 3. The molecule has 2 rings (SSSR count). The third kappa shape index (κ3) is 6.81. The fourth-order valence-electron chi connectivity index (χ4n) is 2.34. The first-order valence-electron chi connectivity index (χ1n) is 8.50. The highest BCUT2D eigenvalue weighted by Crippen LogP contribution is 2.06. The summed E-state index contributed by atoms with van der Waals surface area (Å²) >= 11 is 0.